The Kier molecular flexibility index (Phi) is 4.15. The normalized spacial score (nSPS) is 22.5. The second kappa shape index (κ2) is 6.65. The topological polar surface area (TPSA) is 66.8 Å². The summed E-state index contributed by atoms with van der Waals surface area (Å²) in [5.41, 5.74) is 6.39. The number of H-pyrrole nitrogens is 1. The van der Waals surface area contributed by atoms with Gasteiger partial charge in [-0.15, -0.1) is 0 Å². The highest BCUT2D eigenvalue weighted by Gasteiger charge is 2.28. The smallest absolute Gasteiger partial charge is 0.267 e. The highest BCUT2D eigenvalue weighted by molar-refractivity contribution is 5.27. The first-order chi connectivity index (χ1) is 12.8. The van der Waals surface area contributed by atoms with Gasteiger partial charge in [0.2, 0.25) is 0 Å². The zero-order valence-corrected chi connectivity index (χ0v) is 15.3. The number of hydrogen-bond acceptors (Lipinski definition) is 4. The Morgan fingerprint density at radius 3 is 3.00 bits per heavy atom. The molecular formula is C20H27N5O. The molecule has 1 aliphatic heterocycles. The van der Waals surface area contributed by atoms with Gasteiger partial charge in [-0.25, -0.2) is 4.68 Å². The third-order valence-electron chi connectivity index (χ3n) is 6.40. The van der Waals surface area contributed by atoms with Gasteiger partial charge in [0.15, 0.2) is 0 Å². The maximum Gasteiger partial charge on any atom is 0.267 e. The summed E-state index contributed by atoms with van der Waals surface area (Å²) in [7, 11) is 0. The van der Waals surface area contributed by atoms with Crippen molar-refractivity contribution in [3.05, 3.63) is 44.6 Å². The first-order valence-electron chi connectivity index (χ1n) is 10.2. The average molecular weight is 353 g/mol. The highest BCUT2D eigenvalue weighted by Crippen LogP contribution is 2.26. The van der Waals surface area contributed by atoms with Crippen molar-refractivity contribution in [2.45, 2.75) is 76.9 Å². The molecule has 26 heavy (non-hydrogen) atoms. The van der Waals surface area contributed by atoms with Gasteiger partial charge in [0.05, 0.1) is 17.9 Å². The summed E-state index contributed by atoms with van der Waals surface area (Å²) in [5, 5.41) is 12.5. The molecular weight excluding hydrogens is 326 g/mol. The first kappa shape index (κ1) is 16.2. The van der Waals surface area contributed by atoms with Crippen LogP contribution < -0.4 is 5.56 Å². The lowest BCUT2D eigenvalue weighted by Gasteiger charge is -2.24. The molecule has 0 spiro atoms. The summed E-state index contributed by atoms with van der Waals surface area (Å²) in [6, 6.07) is 2.20. The van der Waals surface area contributed by atoms with E-state index in [1.54, 1.807) is 4.68 Å². The molecule has 138 valence electrons. The Labute approximate surface area is 153 Å². The van der Waals surface area contributed by atoms with Crippen LogP contribution in [-0.4, -0.2) is 37.5 Å². The lowest BCUT2D eigenvalue weighted by atomic mass is 9.96. The minimum absolute atomic E-state index is 0.0645. The summed E-state index contributed by atoms with van der Waals surface area (Å²) in [6.45, 7) is 2.70. The van der Waals surface area contributed by atoms with E-state index in [4.69, 9.17) is 0 Å². The number of aromatic amines is 1. The number of likely N-dealkylation sites (tertiary alicyclic amines) is 1. The Bertz CT molecular complexity index is 868. The standard InChI is InChI=1S/C20H27N5O/c26-20-11-14-5-3-9-17(14)23-25(20)12-15-6-4-10-24(15)13-19-16-7-1-2-8-18(16)21-22-19/h11,15H,1-10,12-13H2,(H,21,22). The Hall–Kier alpha value is -1.95. The second-order valence-electron chi connectivity index (χ2n) is 8.09. The van der Waals surface area contributed by atoms with E-state index in [2.05, 4.69) is 20.2 Å². The van der Waals surface area contributed by atoms with Crippen LogP contribution in [0.25, 0.3) is 0 Å². The molecule has 0 radical (unpaired) electrons. The van der Waals surface area contributed by atoms with E-state index in [9.17, 15) is 4.79 Å². The third kappa shape index (κ3) is 2.90. The summed E-state index contributed by atoms with van der Waals surface area (Å²) in [5.74, 6) is 0. The zero-order chi connectivity index (χ0) is 17.5. The molecule has 2 aromatic rings. The quantitative estimate of drug-likeness (QED) is 0.913. The van der Waals surface area contributed by atoms with Gasteiger partial charge in [0, 0.05) is 24.3 Å². The van der Waals surface area contributed by atoms with Gasteiger partial charge in [-0.2, -0.15) is 10.2 Å². The minimum atomic E-state index is 0.0645. The molecule has 6 nitrogen and oxygen atoms in total. The van der Waals surface area contributed by atoms with Crippen molar-refractivity contribution in [3.8, 4) is 0 Å². The molecule has 1 saturated heterocycles. The Morgan fingerprint density at radius 2 is 2.04 bits per heavy atom. The summed E-state index contributed by atoms with van der Waals surface area (Å²) in [4.78, 5) is 15.0. The summed E-state index contributed by atoms with van der Waals surface area (Å²) in [6.07, 6.45) is 10.3. The predicted octanol–water partition coefficient (Wildman–Crippen LogP) is 2.00. The van der Waals surface area contributed by atoms with Gasteiger partial charge >= 0.3 is 0 Å². The minimum Gasteiger partial charge on any atom is -0.293 e. The fourth-order valence-corrected chi connectivity index (χ4v) is 4.95. The molecule has 6 heteroatoms. The van der Waals surface area contributed by atoms with Crippen LogP contribution in [0.4, 0.5) is 0 Å². The molecule has 3 heterocycles. The summed E-state index contributed by atoms with van der Waals surface area (Å²) >= 11 is 0. The second-order valence-corrected chi connectivity index (χ2v) is 8.09. The van der Waals surface area contributed by atoms with Crippen LogP contribution in [0.3, 0.4) is 0 Å². The van der Waals surface area contributed by atoms with E-state index in [-0.39, 0.29) is 5.56 Å². The molecule has 5 rings (SSSR count). The van der Waals surface area contributed by atoms with Crippen molar-refractivity contribution >= 4 is 0 Å². The largest absolute Gasteiger partial charge is 0.293 e. The van der Waals surface area contributed by atoms with Crippen LogP contribution in [0.1, 0.15) is 60.3 Å². The maximum absolute atomic E-state index is 12.4. The van der Waals surface area contributed by atoms with Crippen molar-refractivity contribution in [2.75, 3.05) is 6.54 Å². The van der Waals surface area contributed by atoms with Gasteiger partial charge in [-0.1, -0.05) is 0 Å². The molecule has 1 N–H and O–H groups in total. The number of hydrogen-bond donors (Lipinski definition) is 1. The highest BCUT2D eigenvalue weighted by atomic mass is 16.1. The Balaban J connectivity index is 1.33. The Morgan fingerprint density at radius 1 is 1.12 bits per heavy atom. The van der Waals surface area contributed by atoms with Crippen LogP contribution in [-0.2, 0) is 38.8 Å². The van der Waals surface area contributed by atoms with Gasteiger partial charge in [-0.3, -0.25) is 14.8 Å². The number of aromatic nitrogens is 4. The molecule has 2 aliphatic carbocycles. The molecule has 1 unspecified atom stereocenters. The maximum atomic E-state index is 12.4. The van der Waals surface area contributed by atoms with Crippen molar-refractivity contribution in [1.29, 1.82) is 0 Å². The monoisotopic (exact) mass is 353 g/mol. The number of nitrogens with zero attached hydrogens (tertiary/aromatic N) is 4. The van der Waals surface area contributed by atoms with Crippen LogP contribution in [0.5, 0.6) is 0 Å². The van der Waals surface area contributed by atoms with E-state index < -0.39 is 0 Å². The van der Waals surface area contributed by atoms with Gasteiger partial charge in [-0.05, 0) is 75.5 Å². The van der Waals surface area contributed by atoms with E-state index in [0.717, 1.165) is 62.9 Å². The first-order valence-corrected chi connectivity index (χ1v) is 10.2. The van der Waals surface area contributed by atoms with Crippen molar-refractivity contribution < 1.29 is 0 Å². The number of fused-ring (bicyclic) bond motifs is 2. The average Bonchev–Trinajstić information content (AvgIpc) is 3.37. The molecule has 0 amide bonds. The molecule has 3 aliphatic rings. The van der Waals surface area contributed by atoms with Gasteiger partial charge in [0.25, 0.3) is 5.56 Å². The van der Waals surface area contributed by atoms with E-state index in [1.807, 2.05) is 6.07 Å². The predicted molar refractivity (Wildman–Crippen MR) is 99.2 cm³/mol. The molecule has 2 aromatic heterocycles. The molecule has 0 bridgehead atoms. The van der Waals surface area contributed by atoms with Gasteiger partial charge in [0.1, 0.15) is 0 Å². The van der Waals surface area contributed by atoms with E-state index in [1.165, 1.54) is 36.2 Å². The van der Waals surface area contributed by atoms with Crippen molar-refractivity contribution in [2.24, 2.45) is 0 Å². The van der Waals surface area contributed by atoms with Crippen LogP contribution in [0.2, 0.25) is 0 Å². The molecule has 0 saturated carbocycles. The molecule has 1 fully saturated rings. The van der Waals surface area contributed by atoms with Crippen LogP contribution >= 0.6 is 0 Å². The van der Waals surface area contributed by atoms with E-state index >= 15 is 0 Å². The van der Waals surface area contributed by atoms with Crippen LogP contribution in [0.15, 0.2) is 10.9 Å². The number of aryl methyl sites for hydroxylation is 3. The molecule has 0 aromatic carbocycles. The van der Waals surface area contributed by atoms with Crippen molar-refractivity contribution in [1.82, 2.24) is 24.9 Å². The van der Waals surface area contributed by atoms with Crippen molar-refractivity contribution in [3.63, 3.8) is 0 Å². The fraction of sp³-hybridized carbons (Fsp3) is 0.650. The summed E-state index contributed by atoms with van der Waals surface area (Å²) < 4.78 is 1.72. The lowest BCUT2D eigenvalue weighted by Crippen LogP contribution is -2.37. The van der Waals surface area contributed by atoms with Gasteiger partial charge < -0.3 is 0 Å². The lowest BCUT2D eigenvalue weighted by molar-refractivity contribution is 0.213. The fourth-order valence-electron chi connectivity index (χ4n) is 4.95. The zero-order valence-electron chi connectivity index (χ0n) is 15.3. The third-order valence-corrected chi connectivity index (χ3v) is 6.40. The van der Waals surface area contributed by atoms with Crippen LogP contribution in [0, 0.1) is 0 Å². The SMILES string of the molecule is O=c1cc2c(nn1CC1CCCN1Cc1n[nH]c3c1CCCC3)CCC2. The van der Waals surface area contributed by atoms with E-state index in [0.29, 0.717) is 12.6 Å². The molecule has 1 atom stereocenters. The number of nitrogens with one attached hydrogen (secondary N) is 1. The number of rotatable bonds is 4.